The molecule has 0 saturated heterocycles. The number of halogens is 1. The van der Waals surface area contributed by atoms with Crippen LogP contribution in [0.4, 0.5) is 0 Å². The summed E-state index contributed by atoms with van der Waals surface area (Å²) in [7, 11) is -3.42. The van der Waals surface area contributed by atoms with Gasteiger partial charge in [0.2, 0.25) is 0 Å². The summed E-state index contributed by atoms with van der Waals surface area (Å²) in [5.41, 5.74) is 0. The molecule has 0 aliphatic rings. The molecular weight excluding hydrogens is 227 g/mol. The topological polar surface area (TPSA) is 55.8 Å². The minimum absolute atomic E-state index is 0.148. The third-order valence-electron chi connectivity index (χ3n) is 1.45. The monoisotopic (exact) mass is 244 g/mol. The normalized spacial score (nSPS) is 14.3. The van der Waals surface area contributed by atoms with E-state index >= 15 is 0 Å². The number of alkyl halides is 1. The summed E-state index contributed by atoms with van der Waals surface area (Å²) in [6.45, 7) is 4.37. The molecule has 0 saturated carbocycles. The zero-order valence-corrected chi connectivity index (χ0v) is 10.3. The lowest BCUT2D eigenvalue weighted by Crippen LogP contribution is -2.14. The molecular formula is C8H18ClO4P. The van der Waals surface area contributed by atoms with Gasteiger partial charge in [-0.05, 0) is 12.8 Å². The lowest BCUT2D eigenvalue weighted by atomic mass is 10.5. The van der Waals surface area contributed by atoms with E-state index in [4.69, 9.17) is 20.6 Å². The van der Waals surface area contributed by atoms with Crippen molar-refractivity contribution in [2.24, 2.45) is 0 Å². The molecule has 1 N–H and O–H groups in total. The maximum absolute atomic E-state index is 11.9. The minimum atomic E-state index is -3.42. The molecule has 86 valence electrons. The third-order valence-corrected chi connectivity index (χ3v) is 3.96. The van der Waals surface area contributed by atoms with Gasteiger partial charge in [-0.25, -0.2) is 0 Å². The maximum Gasteiger partial charge on any atom is 0.360 e. The number of hydrogen-bond donors (Lipinski definition) is 1. The Morgan fingerprint density at radius 2 is 1.71 bits per heavy atom. The van der Waals surface area contributed by atoms with E-state index in [1.807, 2.05) is 13.8 Å². The van der Waals surface area contributed by atoms with Crippen molar-refractivity contribution in [2.75, 3.05) is 19.1 Å². The molecule has 0 aromatic carbocycles. The second-order valence-corrected chi connectivity index (χ2v) is 5.34. The summed E-state index contributed by atoms with van der Waals surface area (Å²) in [5.74, 6) is -1.38. The molecule has 0 bridgehead atoms. The van der Waals surface area contributed by atoms with Crippen LogP contribution in [0.3, 0.4) is 0 Å². The average molecular weight is 245 g/mol. The first-order chi connectivity index (χ1) is 6.60. The van der Waals surface area contributed by atoms with Crippen molar-refractivity contribution >= 4 is 19.2 Å². The largest absolute Gasteiger partial charge is 0.379 e. The van der Waals surface area contributed by atoms with Crippen LogP contribution in [0.2, 0.25) is 0 Å². The zero-order chi connectivity index (χ0) is 11.0. The van der Waals surface area contributed by atoms with Crippen molar-refractivity contribution < 1.29 is 18.7 Å². The van der Waals surface area contributed by atoms with Gasteiger partial charge in [0.05, 0.1) is 19.1 Å². The van der Waals surface area contributed by atoms with Gasteiger partial charge in [-0.15, -0.1) is 11.6 Å². The average Bonchev–Trinajstić information content (AvgIpc) is 2.22. The predicted octanol–water partition coefficient (Wildman–Crippen LogP) is 2.59. The molecule has 0 aromatic rings. The zero-order valence-electron chi connectivity index (χ0n) is 8.61. The highest BCUT2D eigenvalue weighted by molar-refractivity contribution is 7.54. The quantitative estimate of drug-likeness (QED) is 0.527. The van der Waals surface area contributed by atoms with Crippen molar-refractivity contribution in [3.05, 3.63) is 0 Å². The lowest BCUT2D eigenvalue weighted by Gasteiger charge is -2.21. The van der Waals surface area contributed by atoms with Gasteiger partial charge in [-0.1, -0.05) is 13.8 Å². The summed E-state index contributed by atoms with van der Waals surface area (Å²) in [5, 5.41) is 9.39. The Morgan fingerprint density at radius 3 is 2.00 bits per heavy atom. The summed E-state index contributed by atoms with van der Waals surface area (Å²) in [6, 6.07) is 0. The van der Waals surface area contributed by atoms with E-state index in [-0.39, 0.29) is 5.88 Å². The van der Waals surface area contributed by atoms with E-state index in [0.29, 0.717) is 26.1 Å². The molecule has 0 heterocycles. The van der Waals surface area contributed by atoms with Gasteiger partial charge in [0.1, 0.15) is 0 Å². The molecule has 0 amide bonds. The molecule has 0 radical (unpaired) electrons. The van der Waals surface area contributed by atoms with E-state index in [9.17, 15) is 9.67 Å². The van der Waals surface area contributed by atoms with Crippen LogP contribution in [-0.2, 0) is 13.6 Å². The second kappa shape index (κ2) is 7.66. The molecule has 0 aliphatic heterocycles. The van der Waals surface area contributed by atoms with Crippen LogP contribution in [0.25, 0.3) is 0 Å². The minimum Gasteiger partial charge on any atom is -0.379 e. The van der Waals surface area contributed by atoms with Crippen molar-refractivity contribution in [1.82, 2.24) is 0 Å². The molecule has 6 heteroatoms. The molecule has 0 aliphatic carbocycles. The Hall–Kier alpha value is 0.400. The van der Waals surface area contributed by atoms with Crippen LogP contribution in [-0.4, -0.2) is 30.0 Å². The molecule has 0 fully saturated rings. The fourth-order valence-electron chi connectivity index (χ4n) is 0.731. The van der Waals surface area contributed by atoms with Gasteiger partial charge >= 0.3 is 7.60 Å². The van der Waals surface area contributed by atoms with E-state index in [1.165, 1.54) is 0 Å². The highest BCUT2D eigenvalue weighted by atomic mass is 35.5. The summed E-state index contributed by atoms with van der Waals surface area (Å²) in [6.07, 6.45) is 1.43. The summed E-state index contributed by atoms with van der Waals surface area (Å²) >= 11 is 5.41. The van der Waals surface area contributed by atoms with E-state index in [1.54, 1.807) is 0 Å². The van der Waals surface area contributed by atoms with E-state index in [2.05, 4.69) is 0 Å². The van der Waals surface area contributed by atoms with Crippen molar-refractivity contribution in [2.45, 2.75) is 32.5 Å². The van der Waals surface area contributed by atoms with Crippen LogP contribution in [0, 0.1) is 0 Å². The van der Waals surface area contributed by atoms with Gasteiger partial charge in [0.25, 0.3) is 0 Å². The van der Waals surface area contributed by atoms with Crippen LogP contribution in [0.15, 0.2) is 0 Å². The lowest BCUT2D eigenvalue weighted by molar-refractivity contribution is 0.150. The van der Waals surface area contributed by atoms with E-state index in [0.717, 1.165) is 0 Å². The fourth-order valence-corrected chi connectivity index (χ4v) is 2.70. The van der Waals surface area contributed by atoms with Crippen molar-refractivity contribution in [3.63, 3.8) is 0 Å². The van der Waals surface area contributed by atoms with Gasteiger partial charge in [-0.3, -0.25) is 4.57 Å². The van der Waals surface area contributed by atoms with Crippen molar-refractivity contribution in [3.8, 4) is 0 Å². The number of hydrogen-bond acceptors (Lipinski definition) is 4. The predicted molar refractivity (Wildman–Crippen MR) is 56.8 cm³/mol. The molecule has 0 unspecified atom stereocenters. The highest BCUT2D eigenvalue weighted by Crippen LogP contribution is 2.52. The Labute approximate surface area is 90.1 Å². The van der Waals surface area contributed by atoms with Gasteiger partial charge in [0.15, 0.2) is 5.85 Å². The Morgan fingerprint density at radius 1 is 1.29 bits per heavy atom. The van der Waals surface area contributed by atoms with Crippen LogP contribution in [0.1, 0.15) is 26.7 Å². The van der Waals surface area contributed by atoms with Crippen LogP contribution >= 0.6 is 19.2 Å². The molecule has 0 rings (SSSR count). The number of aliphatic hydroxyl groups excluding tert-OH is 1. The molecule has 0 spiro atoms. The molecule has 0 aromatic heterocycles. The van der Waals surface area contributed by atoms with Crippen LogP contribution in [0.5, 0.6) is 0 Å². The maximum atomic E-state index is 11.9. The van der Waals surface area contributed by atoms with E-state index < -0.39 is 13.4 Å². The first kappa shape index (κ1) is 14.4. The van der Waals surface area contributed by atoms with Gasteiger partial charge < -0.3 is 14.2 Å². The molecule has 4 nitrogen and oxygen atoms in total. The number of aliphatic hydroxyl groups is 1. The first-order valence-corrected chi connectivity index (χ1v) is 6.88. The van der Waals surface area contributed by atoms with Gasteiger partial charge in [0, 0.05) is 0 Å². The summed E-state index contributed by atoms with van der Waals surface area (Å²) < 4.78 is 21.9. The van der Waals surface area contributed by atoms with Crippen molar-refractivity contribution in [1.29, 1.82) is 0 Å². The Balaban J connectivity index is 4.25. The first-order valence-electron chi connectivity index (χ1n) is 4.73. The molecule has 1 atom stereocenters. The summed E-state index contributed by atoms with van der Waals surface area (Å²) in [4.78, 5) is 0. The molecule has 14 heavy (non-hydrogen) atoms. The van der Waals surface area contributed by atoms with Crippen LogP contribution < -0.4 is 0 Å². The second-order valence-electron chi connectivity index (χ2n) is 2.84. The standard InChI is InChI=1S/C8H18ClO4P/c1-3-5-12-14(11,8(10)7-9)13-6-4-2/h8,10H,3-7H2,1-2H3/t8-/m0/s1. The SMILES string of the molecule is CCCOP(=O)(OCCC)[C@H](O)CCl. The Kier molecular flexibility index (Phi) is 7.88. The Bertz CT molecular complexity index is 176. The third kappa shape index (κ3) is 4.76. The number of rotatable bonds is 8. The fraction of sp³-hybridized carbons (Fsp3) is 1.00. The van der Waals surface area contributed by atoms with Gasteiger partial charge in [-0.2, -0.15) is 0 Å². The highest BCUT2D eigenvalue weighted by Gasteiger charge is 2.33. The smallest absolute Gasteiger partial charge is 0.360 e.